The van der Waals surface area contributed by atoms with E-state index in [4.69, 9.17) is 14.6 Å². The molecule has 0 saturated carbocycles. The van der Waals surface area contributed by atoms with E-state index >= 15 is 0 Å². The van der Waals surface area contributed by atoms with Gasteiger partial charge in [0.15, 0.2) is 0 Å². The molecule has 0 bridgehead atoms. The topological polar surface area (TPSA) is 56.6 Å². The summed E-state index contributed by atoms with van der Waals surface area (Å²) < 4.78 is 12.7. The molecular formula is C33H31N3O3. The van der Waals surface area contributed by atoms with Crippen LogP contribution in [-0.2, 0) is 13.0 Å². The monoisotopic (exact) mass is 517 g/mol. The summed E-state index contributed by atoms with van der Waals surface area (Å²) in [4.78, 5) is 16.2. The van der Waals surface area contributed by atoms with Crippen LogP contribution in [0, 0.1) is 0 Å². The second-order valence-corrected chi connectivity index (χ2v) is 9.18. The van der Waals surface area contributed by atoms with Crippen molar-refractivity contribution in [2.24, 2.45) is 0 Å². The molecule has 0 fully saturated rings. The molecule has 6 nitrogen and oxygen atoms in total. The summed E-state index contributed by atoms with van der Waals surface area (Å²) in [5.74, 6) is 1.21. The molecule has 0 saturated heterocycles. The number of rotatable bonds is 10. The van der Waals surface area contributed by atoms with E-state index < -0.39 is 0 Å². The van der Waals surface area contributed by atoms with E-state index in [0.717, 1.165) is 23.2 Å². The third-order valence-electron chi connectivity index (χ3n) is 6.63. The molecule has 0 aliphatic heterocycles. The molecule has 39 heavy (non-hydrogen) atoms. The standard InChI is InChI=1S/C33H31N3O3/c1-38-28-18-19-29(32(22-28)39-2)30-23-31(36(34-30)27-16-10-5-11-17-27)33(37)35(24-26-14-8-4-9-15-26)21-20-25-12-6-3-7-13-25/h3-19,22-23H,20-21,24H2,1-2H3. The van der Waals surface area contributed by atoms with Gasteiger partial charge < -0.3 is 14.4 Å². The largest absolute Gasteiger partial charge is 0.497 e. The first kappa shape index (κ1) is 25.8. The lowest BCUT2D eigenvalue weighted by Gasteiger charge is -2.23. The lowest BCUT2D eigenvalue weighted by molar-refractivity contribution is 0.0736. The summed E-state index contributed by atoms with van der Waals surface area (Å²) in [7, 11) is 3.23. The predicted octanol–water partition coefficient (Wildman–Crippen LogP) is 6.44. The van der Waals surface area contributed by atoms with Crippen LogP contribution in [0.3, 0.4) is 0 Å². The molecule has 0 aliphatic carbocycles. The van der Waals surface area contributed by atoms with Gasteiger partial charge in [-0.1, -0.05) is 78.9 Å². The van der Waals surface area contributed by atoms with E-state index in [1.807, 2.05) is 108 Å². The average Bonchev–Trinajstić information content (AvgIpc) is 3.45. The fourth-order valence-electron chi connectivity index (χ4n) is 4.57. The number of hydrogen-bond acceptors (Lipinski definition) is 4. The summed E-state index contributed by atoms with van der Waals surface area (Å²) in [6, 6.07) is 37.5. The minimum absolute atomic E-state index is 0.0927. The van der Waals surface area contributed by atoms with E-state index in [1.165, 1.54) is 5.56 Å². The molecule has 0 unspecified atom stereocenters. The number of para-hydroxylation sites is 1. The Morgan fingerprint density at radius 2 is 1.41 bits per heavy atom. The number of ether oxygens (including phenoxy) is 2. The van der Waals surface area contributed by atoms with Crippen LogP contribution in [0.15, 0.2) is 115 Å². The highest BCUT2D eigenvalue weighted by molar-refractivity contribution is 5.94. The molecular weight excluding hydrogens is 486 g/mol. The number of amides is 1. The Morgan fingerprint density at radius 3 is 2.05 bits per heavy atom. The van der Waals surface area contributed by atoms with Gasteiger partial charge in [-0.25, -0.2) is 4.68 Å². The number of nitrogens with zero attached hydrogens (tertiary/aromatic N) is 3. The van der Waals surface area contributed by atoms with Crippen molar-refractivity contribution >= 4 is 5.91 Å². The Bertz CT molecular complexity index is 1520. The van der Waals surface area contributed by atoms with Crippen LogP contribution in [0.2, 0.25) is 0 Å². The van der Waals surface area contributed by atoms with Gasteiger partial charge in [-0.05, 0) is 47.9 Å². The van der Waals surface area contributed by atoms with Crippen LogP contribution in [-0.4, -0.2) is 41.4 Å². The molecule has 0 spiro atoms. The second kappa shape index (κ2) is 12.1. The summed E-state index contributed by atoms with van der Waals surface area (Å²) in [6.45, 7) is 1.06. The highest BCUT2D eigenvalue weighted by atomic mass is 16.5. The zero-order valence-electron chi connectivity index (χ0n) is 22.2. The first-order valence-electron chi connectivity index (χ1n) is 12.9. The molecule has 1 amide bonds. The minimum atomic E-state index is -0.0927. The number of benzene rings is 4. The second-order valence-electron chi connectivity index (χ2n) is 9.18. The van der Waals surface area contributed by atoms with E-state index in [9.17, 15) is 4.79 Å². The summed E-state index contributed by atoms with van der Waals surface area (Å²) >= 11 is 0. The highest BCUT2D eigenvalue weighted by Crippen LogP contribution is 2.34. The van der Waals surface area contributed by atoms with Crippen molar-refractivity contribution < 1.29 is 14.3 Å². The van der Waals surface area contributed by atoms with Crippen LogP contribution >= 0.6 is 0 Å². The number of carbonyl (C=O) groups is 1. The normalized spacial score (nSPS) is 10.7. The van der Waals surface area contributed by atoms with E-state index in [-0.39, 0.29) is 5.91 Å². The van der Waals surface area contributed by atoms with Crippen molar-refractivity contribution in [2.45, 2.75) is 13.0 Å². The number of methoxy groups -OCH3 is 2. The third-order valence-corrected chi connectivity index (χ3v) is 6.63. The van der Waals surface area contributed by atoms with Crippen LogP contribution in [0.25, 0.3) is 16.9 Å². The maximum atomic E-state index is 14.3. The molecule has 5 aromatic rings. The maximum absolute atomic E-state index is 14.3. The van der Waals surface area contributed by atoms with Gasteiger partial charge in [0.05, 0.1) is 25.6 Å². The zero-order chi connectivity index (χ0) is 27.0. The molecule has 4 aromatic carbocycles. The molecule has 6 heteroatoms. The molecule has 1 aromatic heterocycles. The first-order valence-corrected chi connectivity index (χ1v) is 12.9. The van der Waals surface area contributed by atoms with Gasteiger partial charge in [-0.3, -0.25) is 4.79 Å². The molecule has 196 valence electrons. The van der Waals surface area contributed by atoms with Gasteiger partial charge >= 0.3 is 0 Å². The fourth-order valence-corrected chi connectivity index (χ4v) is 4.57. The van der Waals surface area contributed by atoms with Gasteiger partial charge in [0.1, 0.15) is 17.2 Å². The van der Waals surface area contributed by atoms with Crippen molar-refractivity contribution in [1.29, 1.82) is 0 Å². The lowest BCUT2D eigenvalue weighted by Crippen LogP contribution is -2.34. The van der Waals surface area contributed by atoms with Crippen LogP contribution < -0.4 is 9.47 Å². The quantitative estimate of drug-likeness (QED) is 0.214. The molecule has 0 N–H and O–H groups in total. The van der Waals surface area contributed by atoms with Gasteiger partial charge in [-0.15, -0.1) is 0 Å². The number of hydrogen-bond donors (Lipinski definition) is 0. The maximum Gasteiger partial charge on any atom is 0.272 e. The Labute approximate surface area is 229 Å². The third kappa shape index (κ3) is 6.02. The van der Waals surface area contributed by atoms with E-state index in [2.05, 4.69) is 12.1 Å². The van der Waals surface area contributed by atoms with Crippen LogP contribution in [0.4, 0.5) is 0 Å². The Hall–Kier alpha value is -4.84. The average molecular weight is 518 g/mol. The SMILES string of the molecule is COc1ccc(-c2cc(C(=O)N(CCc3ccccc3)Cc3ccccc3)n(-c3ccccc3)n2)c(OC)c1. The molecule has 1 heterocycles. The fraction of sp³-hybridized carbons (Fsp3) is 0.152. The van der Waals surface area contributed by atoms with Gasteiger partial charge in [0, 0.05) is 24.7 Å². The van der Waals surface area contributed by atoms with Gasteiger partial charge in [0.25, 0.3) is 5.91 Å². The summed E-state index contributed by atoms with van der Waals surface area (Å²) in [6.07, 6.45) is 0.748. The van der Waals surface area contributed by atoms with Gasteiger partial charge in [0.2, 0.25) is 0 Å². The minimum Gasteiger partial charge on any atom is -0.497 e. The molecule has 5 rings (SSSR count). The highest BCUT2D eigenvalue weighted by Gasteiger charge is 2.24. The van der Waals surface area contributed by atoms with Crippen molar-refractivity contribution in [3.63, 3.8) is 0 Å². The zero-order valence-corrected chi connectivity index (χ0v) is 22.2. The van der Waals surface area contributed by atoms with Crippen LogP contribution in [0.5, 0.6) is 11.5 Å². The van der Waals surface area contributed by atoms with E-state index in [1.54, 1.807) is 18.9 Å². The summed E-state index contributed by atoms with van der Waals surface area (Å²) in [5, 5.41) is 4.89. The number of aromatic nitrogens is 2. The summed E-state index contributed by atoms with van der Waals surface area (Å²) in [5.41, 5.74) is 4.97. The Kier molecular flexibility index (Phi) is 8.03. The predicted molar refractivity (Wildman–Crippen MR) is 153 cm³/mol. The molecule has 0 atom stereocenters. The van der Waals surface area contributed by atoms with Crippen molar-refractivity contribution in [3.8, 4) is 28.4 Å². The van der Waals surface area contributed by atoms with E-state index in [0.29, 0.717) is 36.0 Å². The smallest absolute Gasteiger partial charge is 0.272 e. The Balaban J connectivity index is 1.56. The first-order chi connectivity index (χ1) is 19.2. The molecule has 0 aliphatic rings. The lowest BCUT2D eigenvalue weighted by atomic mass is 10.1. The van der Waals surface area contributed by atoms with Gasteiger partial charge in [-0.2, -0.15) is 5.10 Å². The number of carbonyl (C=O) groups excluding carboxylic acids is 1. The van der Waals surface area contributed by atoms with Crippen LogP contribution in [0.1, 0.15) is 21.6 Å². The Morgan fingerprint density at radius 1 is 0.769 bits per heavy atom. The van der Waals surface area contributed by atoms with Crippen molar-refractivity contribution in [1.82, 2.24) is 14.7 Å². The molecule has 0 radical (unpaired) electrons. The van der Waals surface area contributed by atoms with Crippen molar-refractivity contribution in [3.05, 3.63) is 132 Å². The van der Waals surface area contributed by atoms with Crippen molar-refractivity contribution in [2.75, 3.05) is 20.8 Å².